The van der Waals surface area contributed by atoms with E-state index in [0.717, 1.165) is 16.2 Å². The second-order valence-electron chi connectivity index (χ2n) is 6.79. The topological polar surface area (TPSA) is 76.0 Å². The lowest BCUT2D eigenvalue weighted by Crippen LogP contribution is -2.33. The molecule has 3 rings (SSSR count). The van der Waals surface area contributed by atoms with Gasteiger partial charge in [0, 0.05) is 17.8 Å². The lowest BCUT2D eigenvalue weighted by molar-refractivity contribution is -0.123. The number of hydrogen-bond donors (Lipinski definition) is 2. The van der Waals surface area contributed by atoms with Crippen molar-refractivity contribution >= 4 is 40.3 Å². The molecule has 0 unspecified atom stereocenters. The van der Waals surface area contributed by atoms with Gasteiger partial charge in [0.15, 0.2) is 5.16 Å². The van der Waals surface area contributed by atoms with E-state index in [0.29, 0.717) is 17.8 Å². The van der Waals surface area contributed by atoms with Gasteiger partial charge in [-0.05, 0) is 43.7 Å². The number of rotatable bonds is 7. The molecule has 1 heterocycles. The molecule has 0 spiro atoms. The van der Waals surface area contributed by atoms with Gasteiger partial charge in [0.1, 0.15) is 6.54 Å². The SMILES string of the molecule is CCn1c(SCC(=O)Nc2cc(C(=O)NCC(F)(F)F)ccc2C)nc2ccccc21. The minimum atomic E-state index is -4.50. The predicted molar refractivity (Wildman–Crippen MR) is 114 cm³/mol. The van der Waals surface area contributed by atoms with Gasteiger partial charge in [-0.15, -0.1) is 0 Å². The molecule has 1 aromatic heterocycles. The van der Waals surface area contributed by atoms with Crippen LogP contribution in [0.25, 0.3) is 11.0 Å². The van der Waals surface area contributed by atoms with E-state index in [1.54, 1.807) is 13.0 Å². The summed E-state index contributed by atoms with van der Waals surface area (Å²) in [6.45, 7) is 3.02. The first-order valence-corrected chi connectivity index (χ1v) is 10.5. The zero-order chi connectivity index (χ0) is 22.6. The number of aryl methyl sites for hydroxylation is 2. The molecule has 31 heavy (non-hydrogen) atoms. The van der Waals surface area contributed by atoms with Crippen LogP contribution < -0.4 is 10.6 Å². The van der Waals surface area contributed by atoms with Crippen LogP contribution in [0, 0.1) is 6.92 Å². The summed E-state index contributed by atoms with van der Waals surface area (Å²) in [7, 11) is 0. The highest BCUT2D eigenvalue weighted by Crippen LogP contribution is 2.25. The molecule has 2 amide bonds. The van der Waals surface area contributed by atoms with Crippen molar-refractivity contribution in [1.29, 1.82) is 0 Å². The molecule has 0 aliphatic carbocycles. The first kappa shape index (κ1) is 22.7. The average Bonchev–Trinajstić information content (AvgIpc) is 3.09. The summed E-state index contributed by atoms with van der Waals surface area (Å²) in [4.78, 5) is 29.0. The van der Waals surface area contributed by atoms with Crippen LogP contribution >= 0.6 is 11.8 Å². The molecular formula is C21H21F3N4O2S. The van der Waals surface area contributed by atoms with Crippen molar-refractivity contribution in [3.63, 3.8) is 0 Å². The second kappa shape index (κ2) is 9.42. The summed E-state index contributed by atoms with van der Waals surface area (Å²) in [5.74, 6) is -1.08. The molecule has 0 saturated heterocycles. The van der Waals surface area contributed by atoms with Crippen LogP contribution in [-0.2, 0) is 11.3 Å². The smallest absolute Gasteiger partial charge is 0.343 e. The van der Waals surface area contributed by atoms with E-state index in [2.05, 4.69) is 10.3 Å². The van der Waals surface area contributed by atoms with Gasteiger partial charge < -0.3 is 15.2 Å². The Morgan fingerprint density at radius 3 is 2.61 bits per heavy atom. The van der Waals surface area contributed by atoms with Gasteiger partial charge in [-0.1, -0.05) is 30.0 Å². The van der Waals surface area contributed by atoms with Crippen LogP contribution in [0.2, 0.25) is 0 Å². The summed E-state index contributed by atoms with van der Waals surface area (Å²) in [6.07, 6.45) is -4.50. The van der Waals surface area contributed by atoms with Crippen molar-refractivity contribution in [2.75, 3.05) is 17.6 Å². The number of aromatic nitrogens is 2. The number of nitrogens with one attached hydrogen (secondary N) is 2. The van der Waals surface area contributed by atoms with Crippen LogP contribution in [-0.4, -0.2) is 39.8 Å². The molecule has 0 fully saturated rings. The number of carbonyl (C=O) groups is 2. The quantitative estimate of drug-likeness (QED) is 0.524. The van der Waals surface area contributed by atoms with E-state index in [-0.39, 0.29) is 17.2 Å². The molecule has 6 nitrogen and oxygen atoms in total. The number of halogens is 3. The van der Waals surface area contributed by atoms with E-state index in [4.69, 9.17) is 0 Å². The molecule has 0 saturated carbocycles. The van der Waals surface area contributed by atoms with Gasteiger partial charge in [-0.25, -0.2) is 4.98 Å². The Bertz CT molecular complexity index is 1110. The maximum atomic E-state index is 12.5. The van der Waals surface area contributed by atoms with E-state index in [9.17, 15) is 22.8 Å². The van der Waals surface area contributed by atoms with Gasteiger partial charge in [0.05, 0.1) is 16.8 Å². The molecule has 2 aromatic carbocycles. The van der Waals surface area contributed by atoms with Crippen LogP contribution in [0.15, 0.2) is 47.6 Å². The molecule has 164 valence electrons. The molecule has 0 aliphatic rings. The first-order chi connectivity index (χ1) is 14.7. The number of fused-ring (bicyclic) bond motifs is 1. The van der Waals surface area contributed by atoms with Crippen LogP contribution in [0.4, 0.5) is 18.9 Å². The number of nitrogens with zero attached hydrogens (tertiary/aromatic N) is 2. The highest BCUT2D eigenvalue weighted by molar-refractivity contribution is 7.99. The van der Waals surface area contributed by atoms with E-state index in [1.165, 1.54) is 23.9 Å². The molecule has 2 N–H and O–H groups in total. The Morgan fingerprint density at radius 1 is 1.16 bits per heavy atom. The van der Waals surface area contributed by atoms with E-state index in [1.807, 2.05) is 41.1 Å². The van der Waals surface area contributed by atoms with Crippen molar-refractivity contribution in [3.05, 3.63) is 53.6 Å². The van der Waals surface area contributed by atoms with Crippen molar-refractivity contribution < 1.29 is 22.8 Å². The van der Waals surface area contributed by atoms with Gasteiger partial charge in [0.2, 0.25) is 5.91 Å². The molecule has 0 bridgehead atoms. The number of imidazole rings is 1. The Hall–Kier alpha value is -3.01. The fourth-order valence-corrected chi connectivity index (χ4v) is 3.84. The van der Waals surface area contributed by atoms with Gasteiger partial charge in [-0.3, -0.25) is 9.59 Å². The van der Waals surface area contributed by atoms with Crippen molar-refractivity contribution in [3.8, 4) is 0 Å². The molecule has 0 radical (unpaired) electrons. The molecule has 10 heteroatoms. The highest BCUT2D eigenvalue weighted by Gasteiger charge is 2.28. The Labute approximate surface area is 181 Å². The predicted octanol–water partition coefficient (Wildman–Crippen LogP) is 4.39. The molecule has 0 atom stereocenters. The fourth-order valence-electron chi connectivity index (χ4n) is 2.97. The van der Waals surface area contributed by atoms with Crippen molar-refractivity contribution in [2.24, 2.45) is 0 Å². The number of thioether (sulfide) groups is 1. The monoisotopic (exact) mass is 450 g/mol. The normalized spacial score (nSPS) is 11.5. The Kier molecular flexibility index (Phi) is 6.89. The first-order valence-electron chi connectivity index (χ1n) is 9.51. The maximum absolute atomic E-state index is 12.5. The number of benzene rings is 2. The minimum absolute atomic E-state index is 0.0329. The number of alkyl halides is 3. The Morgan fingerprint density at radius 2 is 1.90 bits per heavy atom. The van der Waals surface area contributed by atoms with Crippen molar-refractivity contribution in [2.45, 2.75) is 31.7 Å². The summed E-state index contributed by atoms with van der Waals surface area (Å²) in [5, 5.41) is 5.26. The average molecular weight is 450 g/mol. The zero-order valence-corrected chi connectivity index (χ0v) is 17.7. The lowest BCUT2D eigenvalue weighted by atomic mass is 10.1. The molecule has 0 aliphatic heterocycles. The largest absolute Gasteiger partial charge is 0.405 e. The molecule has 3 aromatic rings. The number of anilines is 1. The number of amides is 2. The van der Waals surface area contributed by atoms with Crippen molar-refractivity contribution in [1.82, 2.24) is 14.9 Å². The van der Waals surface area contributed by atoms with Gasteiger partial charge >= 0.3 is 6.18 Å². The van der Waals surface area contributed by atoms with Gasteiger partial charge in [-0.2, -0.15) is 13.2 Å². The zero-order valence-electron chi connectivity index (χ0n) is 16.9. The second-order valence-corrected chi connectivity index (χ2v) is 7.73. The van der Waals surface area contributed by atoms with Crippen LogP contribution in [0.3, 0.4) is 0 Å². The third kappa shape index (κ3) is 5.78. The highest BCUT2D eigenvalue weighted by atomic mass is 32.2. The minimum Gasteiger partial charge on any atom is -0.343 e. The maximum Gasteiger partial charge on any atom is 0.405 e. The van der Waals surface area contributed by atoms with Crippen LogP contribution in [0.1, 0.15) is 22.8 Å². The van der Waals surface area contributed by atoms with Gasteiger partial charge in [0.25, 0.3) is 5.91 Å². The number of hydrogen-bond acceptors (Lipinski definition) is 4. The Balaban J connectivity index is 1.66. The van der Waals surface area contributed by atoms with E-state index >= 15 is 0 Å². The number of carbonyl (C=O) groups excluding carboxylic acids is 2. The van der Waals surface area contributed by atoms with E-state index < -0.39 is 18.6 Å². The lowest BCUT2D eigenvalue weighted by Gasteiger charge is -2.12. The summed E-state index contributed by atoms with van der Waals surface area (Å²) in [5.41, 5.74) is 2.92. The third-order valence-corrected chi connectivity index (χ3v) is 5.47. The van der Waals surface area contributed by atoms with Crippen LogP contribution in [0.5, 0.6) is 0 Å². The summed E-state index contributed by atoms with van der Waals surface area (Å²) < 4.78 is 39.0. The summed E-state index contributed by atoms with van der Waals surface area (Å²) >= 11 is 1.29. The number of para-hydroxylation sites is 2. The fraction of sp³-hybridized carbons (Fsp3) is 0.286. The molecular weight excluding hydrogens is 429 g/mol. The standard InChI is InChI=1S/C21H21F3N4O2S/c1-3-28-17-7-5-4-6-15(17)27-20(28)31-11-18(29)26-16-10-14(9-8-13(16)2)19(30)25-12-21(22,23)24/h4-10H,3,11-12H2,1-2H3,(H,25,30)(H,26,29). The third-order valence-electron chi connectivity index (χ3n) is 4.49. The summed E-state index contributed by atoms with van der Waals surface area (Å²) in [6, 6.07) is 12.1.